The summed E-state index contributed by atoms with van der Waals surface area (Å²) in [6.45, 7) is 1.73. The minimum Gasteiger partial charge on any atom is -0.378 e. The van der Waals surface area contributed by atoms with Crippen LogP contribution in [0.3, 0.4) is 0 Å². The Balaban J connectivity index is 1.51. The second kappa shape index (κ2) is 10.2. The molecule has 1 unspecified atom stereocenters. The molecule has 0 saturated carbocycles. The van der Waals surface area contributed by atoms with E-state index < -0.39 is 5.54 Å². The zero-order chi connectivity index (χ0) is 23.4. The number of hydrogen-bond donors (Lipinski definition) is 2. The van der Waals surface area contributed by atoms with E-state index in [9.17, 15) is 9.59 Å². The number of thiophene rings is 1. The van der Waals surface area contributed by atoms with E-state index in [-0.39, 0.29) is 25.0 Å². The van der Waals surface area contributed by atoms with Gasteiger partial charge in [0.05, 0.1) is 28.1 Å². The number of carbonyl (C=O) groups excluding carboxylic acids is 2. The zero-order valence-electron chi connectivity index (χ0n) is 17.3. The Kier molecular flexibility index (Phi) is 7.31. The molecule has 2 fully saturated rings. The van der Waals surface area contributed by atoms with E-state index in [0.717, 1.165) is 17.0 Å². The number of benzene rings is 1. The molecule has 2 saturated heterocycles. The Hall–Kier alpha value is -2.49. The van der Waals surface area contributed by atoms with Gasteiger partial charge in [-0.2, -0.15) is 10.3 Å². The number of amidine groups is 1. The highest BCUT2D eigenvalue weighted by molar-refractivity contribution is 9.10. The summed E-state index contributed by atoms with van der Waals surface area (Å²) >= 11 is 10.6. The molecule has 12 heteroatoms. The molecule has 0 bridgehead atoms. The van der Waals surface area contributed by atoms with Crippen LogP contribution in [0.15, 0.2) is 39.8 Å². The average Bonchev–Trinajstić information content (AvgIpc) is 3.45. The quantitative estimate of drug-likeness (QED) is 0.549. The summed E-state index contributed by atoms with van der Waals surface area (Å²) in [5.41, 5.74) is 0.157. The zero-order valence-corrected chi connectivity index (χ0v) is 20.4. The average molecular weight is 553 g/mol. The number of nitrogens with one attached hydrogen (secondary N) is 2. The SMILES string of the molecule is N#C/N=C1/COCCN1c1ccc(NC(=O)C2(NC(=O)c3ccc(Cl)s3)CCOC2)cc1Br. The van der Waals surface area contributed by atoms with Gasteiger partial charge in [0.15, 0.2) is 0 Å². The van der Waals surface area contributed by atoms with Gasteiger partial charge in [-0.1, -0.05) is 11.6 Å². The first-order valence-electron chi connectivity index (χ1n) is 9.99. The van der Waals surface area contributed by atoms with E-state index >= 15 is 0 Å². The molecule has 1 aromatic heterocycles. The monoisotopic (exact) mass is 551 g/mol. The van der Waals surface area contributed by atoms with Crippen molar-refractivity contribution in [2.24, 2.45) is 4.99 Å². The predicted octanol–water partition coefficient (Wildman–Crippen LogP) is 3.41. The van der Waals surface area contributed by atoms with Crippen molar-refractivity contribution in [3.8, 4) is 6.19 Å². The van der Waals surface area contributed by atoms with Crippen molar-refractivity contribution in [3.63, 3.8) is 0 Å². The summed E-state index contributed by atoms with van der Waals surface area (Å²) in [7, 11) is 0. The van der Waals surface area contributed by atoms with E-state index in [1.807, 2.05) is 11.0 Å². The van der Waals surface area contributed by atoms with Gasteiger partial charge in [0, 0.05) is 29.7 Å². The normalized spacial score (nSPS) is 21.6. The molecule has 0 spiro atoms. The van der Waals surface area contributed by atoms with Crippen molar-refractivity contribution in [1.29, 1.82) is 5.26 Å². The van der Waals surface area contributed by atoms with Crippen LogP contribution in [0.4, 0.5) is 11.4 Å². The molecule has 2 aliphatic rings. The van der Waals surface area contributed by atoms with Crippen LogP contribution in [-0.4, -0.2) is 56.2 Å². The van der Waals surface area contributed by atoms with Crippen LogP contribution >= 0.6 is 38.9 Å². The number of morpholine rings is 1. The number of amides is 2. The Morgan fingerprint density at radius 2 is 2.12 bits per heavy atom. The first kappa shape index (κ1) is 23.7. The number of nitrogens with zero attached hydrogens (tertiary/aromatic N) is 3. The molecule has 33 heavy (non-hydrogen) atoms. The lowest BCUT2D eigenvalue weighted by Gasteiger charge is -2.31. The third-order valence-corrected chi connectivity index (χ3v) is 7.15. The van der Waals surface area contributed by atoms with E-state index in [0.29, 0.717) is 51.4 Å². The molecule has 9 nitrogen and oxygen atoms in total. The number of aliphatic imine (C=N–C) groups is 1. The van der Waals surface area contributed by atoms with Crippen LogP contribution in [0, 0.1) is 11.5 Å². The lowest BCUT2D eigenvalue weighted by Crippen LogP contribution is -2.57. The van der Waals surface area contributed by atoms with Gasteiger partial charge in [0.25, 0.3) is 11.8 Å². The van der Waals surface area contributed by atoms with Crippen LogP contribution in [0.1, 0.15) is 16.1 Å². The maximum Gasteiger partial charge on any atom is 0.262 e. The summed E-state index contributed by atoms with van der Waals surface area (Å²) in [4.78, 5) is 32.1. The number of anilines is 2. The van der Waals surface area contributed by atoms with Crippen LogP contribution in [0.25, 0.3) is 0 Å². The molecule has 2 amide bonds. The molecule has 4 rings (SSSR count). The second-order valence-corrected chi connectivity index (χ2v) is 9.96. The molecule has 0 radical (unpaired) electrons. The summed E-state index contributed by atoms with van der Waals surface area (Å²) in [6, 6.07) is 8.59. The van der Waals surface area contributed by atoms with Crippen LogP contribution < -0.4 is 15.5 Å². The highest BCUT2D eigenvalue weighted by Gasteiger charge is 2.44. The molecule has 3 heterocycles. The van der Waals surface area contributed by atoms with Gasteiger partial charge in [-0.25, -0.2) is 0 Å². The molecule has 1 aromatic carbocycles. The van der Waals surface area contributed by atoms with Crippen molar-refractivity contribution in [2.45, 2.75) is 12.0 Å². The second-order valence-electron chi connectivity index (χ2n) is 7.40. The van der Waals surface area contributed by atoms with Crippen molar-refractivity contribution in [3.05, 3.63) is 44.0 Å². The molecule has 2 aliphatic heterocycles. The molecule has 2 aromatic rings. The Morgan fingerprint density at radius 3 is 2.79 bits per heavy atom. The minimum atomic E-state index is -1.18. The summed E-state index contributed by atoms with van der Waals surface area (Å²) < 4.78 is 12.0. The van der Waals surface area contributed by atoms with Crippen LogP contribution in [-0.2, 0) is 14.3 Å². The standard InChI is InChI=1S/C21H19BrClN5O4S/c22-14-9-13(1-2-15(14)28-6-8-31-10-18(28)25-12-24)26-20(30)21(5-7-32-11-21)27-19(29)16-3-4-17(23)33-16/h1-4,9H,5-8,10-11H2,(H,26,30)(H,27,29)/b25-18-. The number of rotatable bonds is 5. The van der Waals surface area contributed by atoms with Crippen molar-refractivity contribution in [2.75, 3.05) is 43.2 Å². The molecule has 0 aliphatic carbocycles. The van der Waals surface area contributed by atoms with Gasteiger partial charge in [0.1, 0.15) is 18.0 Å². The number of ether oxygens (including phenoxy) is 2. The molecular weight excluding hydrogens is 534 g/mol. The fourth-order valence-electron chi connectivity index (χ4n) is 3.61. The van der Waals surface area contributed by atoms with E-state index in [1.54, 1.807) is 30.5 Å². The topological polar surface area (TPSA) is 116 Å². The smallest absolute Gasteiger partial charge is 0.262 e. The van der Waals surface area contributed by atoms with Gasteiger partial charge in [0.2, 0.25) is 6.19 Å². The fraction of sp³-hybridized carbons (Fsp3) is 0.333. The van der Waals surface area contributed by atoms with Gasteiger partial charge in [-0.05, 0) is 46.3 Å². The van der Waals surface area contributed by atoms with Crippen molar-refractivity contribution >= 4 is 67.9 Å². The maximum absolute atomic E-state index is 13.2. The fourth-order valence-corrected chi connectivity index (χ4v) is 5.14. The Bertz CT molecular complexity index is 1140. The lowest BCUT2D eigenvalue weighted by molar-refractivity contribution is -0.122. The largest absolute Gasteiger partial charge is 0.378 e. The van der Waals surface area contributed by atoms with E-state index in [1.165, 1.54) is 0 Å². The molecule has 2 N–H and O–H groups in total. The highest BCUT2D eigenvalue weighted by Crippen LogP contribution is 2.32. The Morgan fingerprint density at radius 1 is 1.27 bits per heavy atom. The first-order chi connectivity index (χ1) is 15.9. The maximum atomic E-state index is 13.2. The van der Waals surface area contributed by atoms with Crippen molar-refractivity contribution in [1.82, 2.24) is 5.32 Å². The van der Waals surface area contributed by atoms with Gasteiger partial charge < -0.3 is 25.0 Å². The third kappa shape index (κ3) is 5.20. The summed E-state index contributed by atoms with van der Waals surface area (Å²) in [5, 5.41) is 14.7. The lowest BCUT2D eigenvalue weighted by atomic mass is 9.97. The van der Waals surface area contributed by atoms with Crippen LogP contribution in [0.5, 0.6) is 0 Å². The summed E-state index contributed by atoms with van der Waals surface area (Å²) in [5.74, 6) is -0.228. The number of carbonyl (C=O) groups is 2. The first-order valence-corrected chi connectivity index (χ1v) is 12.0. The van der Waals surface area contributed by atoms with Gasteiger partial charge in [-0.3, -0.25) is 9.59 Å². The number of halogens is 2. The number of nitriles is 1. The van der Waals surface area contributed by atoms with E-state index in [4.69, 9.17) is 26.3 Å². The highest BCUT2D eigenvalue weighted by atomic mass is 79.9. The van der Waals surface area contributed by atoms with Crippen LogP contribution in [0.2, 0.25) is 4.34 Å². The molecule has 1 atom stereocenters. The third-order valence-electron chi connectivity index (χ3n) is 5.28. The van der Waals surface area contributed by atoms with Crippen molar-refractivity contribution < 1.29 is 19.1 Å². The van der Waals surface area contributed by atoms with Gasteiger partial charge in [-0.15, -0.1) is 11.3 Å². The van der Waals surface area contributed by atoms with E-state index in [2.05, 4.69) is 31.6 Å². The molecular formula is C21H19BrClN5O4S. The Labute approximate surface area is 207 Å². The number of hydrogen-bond acceptors (Lipinski definition) is 7. The predicted molar refractivity (Wildman–Crippen MR) is 129 cm³/mol. The summed E-state index contributed by atoms with van der Waals surface area (Å²) in [6.07, 6.45) is 2.15. The molecule has 172 valence electrons. The minimum absolute atomic E-state index is 0.0741. The van der Waals surface area contributed by atoms with Gasteiger partial charge >= 0.3 is 0 Å².